The Morgan fingerprint density at radius 2 is 1.68 bits per heavy atom. The fourth-order valence-electron chi connectivity index (χ4n) is 10.8. The van der Waals surface area contributed by atoms with E-state index in [-0.39, 0.29) is 95.8 Å². The van der Waals surface area contributed by atoms with E-state index in [2.05, 4.69) is 32.9 Å². The van der Waals surface area contributed by atoms with Gasteiger partial charge in [-0.1, -0.05) is 67.8 Å². The minimum atomic E-state index is -0.963. The van der Waals surface area contributed by atoms with Gasteiger partial charge in [-0.25, -0.2) is 18.7 Å². The van der Waals surface area contributed by atoms with Gasteiger partial charge in [-0.15, -0.1) is 11.3 Å². The summed E-state index contributed by atoms with van der Waals surface area (Å²) in [5.41, 5.74) is 0.833. The lowest BCUT2D eigenvalue weighted by Crippen LogP contribution is -2.55. The lowest BCUT2D eigenvalue weighted by Gasteiger charge is -2.35. The molecule has 1 aliphatic carbocycles. The Kier molecular flexibility index (Phi) is 18.6. The predicted octanol–water partition coefficient (Wildman–Crippen LogP) is 8.74. The molecular weight excluding hydrogens is 1050 g/mol. The fourth-order valence-corrected chi connectivity index (χ4v) is 12.0. The smallest absolute Gasteiger partial charge is 0.246 e. The van der Waals surface area contributed by atoms with Crippen molar-refractivity contribution in [3.8, 4) is 33.9 Å². The molecule has 3 unspecified atom stereocenters. The summed E-state index contributed by atoms with van der Waals surface area (Å²) in [6, 6.07) is 15.9. The molecular formula is C58H67ClF2N10O7S. The van der Waals surface area contributed by atoms with Crippen LogP contribution in [0.2, 0.25) is 5.02 Å². The third kappa shape index (κ3) is 12.7. The highest BCUT2D eigenvalue weighted by molar-refractivity contribution is 7.10. The number of ether oxygens (including phenoxy) is 2. The van der Waals surface area contributed by atoms with Gasteiger partial charge < -0.3 is 50.1 Å². The van der Waals surface area contributed by atoms with E-state index in [0.717, 1.165) is 78.0 Å². The number of likely N-dealkylation sites (N-methyl/N-ethyl adjacent to an activating group) is 2. The fraction of sp³-hybridized carbons (Fsp3) is 0.431. The summed E-state index contributed by atoms with van der Waals surface area (Å²) in [7, 11) is 3.42. The first kappa shape index (κ1) is 56.7. The van der Waals surface area contributed by atoms with Crippen LogP contribution >= 0.6 is 22.9 Å². The highest BCUT2D eigenvalue weighted by Gasteiger charge is 2.40. The van der Waals surface area contributed by atoms with Gasteiger partial charge in [0.05, 0.1) is 41.6 Å². The number of phenols is 1. The maximum Gasteiger partial charge on any atom is 0.246 e. The van der Waals surface area contributed by atoms with Gasteiger partial charge in [0.1, 0.15) is 46.3 Å². The number of piperazine rings is 1. The van der Waals surface area contributed by atoms with Crippen molar-refractivity contribution in [1.82, 2.24) is 40.3 Å². The molecule has 2 saturated heterocycles. The number of amides is 4. The number of hydrogen-bond donors (Lipinski definition) is 4. The summed E-state index contributed by atoms with van der Waals surface area (Å²) >= 11 is 8.17. The number of rotatable bonds is 21. The van der Waals surface area contributed by atoms with Gasteiger partial charge >= 0.3 is 0 Å². The van der Waals surface area contributed by atoms with E-state index in [1.165, 1.54) is 24.3 Å². The maximum absolute atomic E-state index is 16.6. The second-order valence-electron chi connectivity index (χ2n) is 20.2. The second kappa shape index (κ2) is 25.9. The van der Waals surface area contributed by atoms with Crippen LogP contribution in [-0.4, -0.2) is 150 Å². The Labute approximate surface area is 467 Å². The van der Waals surface area contributed by atoms with Crippen molar-refractivity contribution < 1.29 is 42.5 Å². The molecule has 21 heteroatoms. The zero-order valence-corrected chi connectivity index (χ0v) is 46.3. The molecule has 3 aliphatic rings. The van der Waals surface area contributed by atoms with Crippen molar-refractivity contribution in [2.24, 2.45) is 5.92 Å². The molecule has 4 N–H and O–H groups in total. The zero-order valence-electron chi connectivity index (χ0n) is 44.7. The molecule has 6 aromatic rings. The Balaban J connectivity index is 0.783. The standard InChI is InChI=1S/C58H67ClF2N10O7S/c1-5-47(73)69-25-27-70(28-26-69)54-40-33-41(59)49(50-42(60)17-11-19-45(50)72)51(61)53(40)66-58(67-54)63-23-22-48(74)68(4)29-30-77-31-32-78-46-21-20-38(37-15-9-10-16-39(37)46)43-34-79-56(64-43)44-18-12-24-71(44)57(76)52(36-13-7-6-8-14-36)65-55(75)35(2)62-3/h5,9-11,15-17,19-21,33-36,44,52,62,72H,1,6-8,12-14,18,22-32H2,2-4H3,(H,65,75)(H,63,66,67). The van der Waals surface area contributed by atoms with E-state index in [0.29, 0.717) is 50.8 Å². The predicted molar refractivity (Wildman–Crippen MR) is 303 cm³/mol. The van der Waals surface area contributed by atoms with Crippen molar-refractivity contribution in [1.29, 1.82) is 0 Å². The molecule has 9 rings (SSSR count). The number of benzene rings is 4. The number of halogens is 3. The van der Waals surface area contributed by atoms with Gasteiger partial charge in [-0.2, -0.15) is 4.98 Å². The first-order chi connectivity index (χ1) is 38.3. The van der Waals surface area contributed by atoms with E-state index in [4.69, 9.17) is 31.0 Å². The minimum Gasteiger partial charge on any atom is -0.507 e. The molecule has 3 fully saturated rings. The summed E-state index contributed by atoms with van der Waals surface area (Å²) in [6.07, 6.45) is 8.07. The van der Waals surface area contributed by atoms with Crippen molar-refractivity contribution in [2.75, 3.05) is 89.9 Å². The van der Waals surface area contributed by atoms with Gasteiger partial charge in [-0.3, -0.25) is 19.2 Å². The minimum absolute atomic E-state index is 0.0126. The Hall–Kier alpha value is -7.00. The van der Waals surface area contributed by atoms with Crippen molar-refractivity contribution in [3.63, 3.8) is 0 Å². The molecule has 0 bridgehead atoms. The van der Waals surface area contributed by atoms with E-state index in [9.17, 15) is 24.3 Å². The summed E-state index contributed by atoms with van der Waals surface area (Å²) in [4.78, 5) is 74.4. The molecule has 4 heterocycles. The normalized spacial score (nSPS) is 16.7. The highest BCUT2D eigenvalue weighted by atomic mass is 35.5. The molecule has 2 aliphatic heterocycles. The molecule has 0 spiro atoms. The topological polar surface area (TPSA) is 195 Å². The summed E-state index contributed by atoms with van der Waals surface area (Å²) in [6.45, 7) is 8.61. The van der Waals surface area contributed by atoms with Crippen LogP contribution in [0, 0.1) is 17.6 Å². The molecule has 17 nitrogen and oxygen atoms in total. The van der Waals surface area contributed by atoms with Crippen molar-refractivity contribution >= 4 is 80.0 Å². The summed E-state index contributed by atoms with van der Waals surface area (Å²) < 4.78 is 43.8. The van der Waals surface area contributed by atoms with Crippen LogP contribution in [-0.2, 0) is 23.9 Å². The number of aromatic nitrogens is 3. The Morgan fingerprint density at radius 3 is 2.43 bits per heavy atom. The number of likely N-dealkylation sites (tertiary alicyclic amines) is 1. The van der Waals surface area contributed by atoms with Crippen LogP contribution in [0.3, 0.4) is 0 Å². The summed E-state index contributed by atoms with van der Waals surface area (Å²) in [5, 5.41) is 24.7. The van der Waals surface area contributed by atoms with Gasteiger partial charge in [0.2, 0.25) is 29.6 Å². The quantitative estimate of drug-likeness (QED) is 0.0395. The third-order valence-corrected chi connectivity index (χ3v) is 16.5. The third-order valence-electron chi connectivity index (χ3n) is 15.3. The number of nitrogens with zero attached hydrogens (tertiary/aromatic N) is 7. The molecule has 418 valence electrons. The van der Waals surface area contributed by atoms with E-state index in [1.54, 1.807) is 42.2 Å². The number of thiazole rings is 1. The maximum atomic E-state index is 16.6. The first-order valence-electron chi connectivity index (χ1n) is 27.0. The molecule has 3 atom stereocenters. The average Bonchev–Trinajstić information content (AvgIpc) is 4.29. The first-order valence-corrected chi connectivity index (χ1v) is 28.3. The summed E-state index contributed by atoms with van der Waals surface area (Å²) in [5.74, 6) is -1.78. The lowest BCUT2D eigenvalue weighted by molar-refractivity contribution is -0.139. The van der Waals surface area contributed by atoms with Gasteiger partial charge in [0.25, 0.3) is 0 Å². The van der Waals surface area contributed by atoms with E-state index >= 15 is 8.78 Å². The lowest BCUT2D eigenvalue weighted by atomic mass is 9.83. The molecule has 4 amide bonds. The van der Waals surface area contributed by atoms with Crippen LogP contribution in [0.15, 0.2) is 78.7 Å². The van der Waals surface area contributed by atoms with E-state index < -0.39 is 35.0 Å². The number of fused-ring (bicyclic) bond motifs is 2. The zero-order chi connectivity index (χ0) is 55.7. The van der Waals surface area contributed by atoms with Crippen LogP contribution in [0.4, 0.5) is 20.5 Å². The van der Waals surface area contributed by atoms with Crippen LogP contribution in [0.1, 0.15) is 69.3 Å². The van der Waals surface area contributed by atoms with E-state index in [1.807, 2.05) is 46.2 Å². The largest absolute Gasteiger partial charge is 0.507 e. The number of phenolic OH excluding ortho intramolecular Hbond substituents is 1. The molecule has 0 radical (unpaired) electrons. The molecule has 4 aromatic carbocycles. The van der Waals surface area contributed by atoms with Gasteiger partial charge in [0.15, 0.2) is 5.82 Å². The Morgan fingerprint density at radius 1 is 0.911 bits per heavy atom. The SMILES string of the molecule is C=CC(=O)N1CCN(c2nc(NCCC(=O)N(C)CCOCCOc3ccc(-c4csc(C5CCCN5C(=O)C(NC(=O)C(C)NC)C5CCCCC5)n4)c4ccccc34)nc3c(F)c(-c4c(O)cccc4F)c(Cl)cc23)CC1. The van der Waals surface area contributed by atoms with Crippen LogP contribution < -0.4 is 25.6 Å². The number of carbonyl (C=O) groups excluding carboxylic acids is 4. The molecule has 1 saturated carbocycles. The van der Waals surface area contributed by atoms with Crippen molar-refractivity contribution in [2.45, 2.75) is 76.4 Å². The number of nitrogens with one attached hydrogen (secondary N) is 3. The highest BCUT2D eigenvalue weighted by Crippen LogP contribution is 2.44. The van der Waals surface area contributed by atoms with Crippen LogP contribution in [0.5, 0.6) is 11.5 Å². The van der Waals surface area contributed by atoms with Crippen molar-refractivity contribution in [3.05, 3.63) is 100 Å². The second-order valence-corrected chi connectivity index (χ2v) is 21.5. The number of carbonyl (C=O) groups is 4. The van der Waals surface area contributed by atoms with Crippen LogP contribution in [0.25, 0.3) is 44.1 Å². The van der Waals surface area contributed by atoms with Gasteiger partial charge in [-0.05, 0) is 87.4 Å². The molecule has 2 aromatic heterocycles. The number of aromatic hydroxyl groups is 1. The number of hydrogen-bond acceptors (Lipinski definition) is 14. The average molecular weight is 1120 g/mol. The number of anilines is 2. The monoisotopic (exact) mass is 1120 g/mol. The Bertz CT molecular complexity index is 3190. The molecule has 79 heavy (non-hydrogen) atoms. The van der Waals surface area contributed by atoms with Gasteiger partial charge in [0, 0.05) is 86.6 Å².